The van der Waals surface area contributed by atoms with Gasteiger partial charge in [-0.3, -0.25) is 4.79 Å². The van der Waals surface area contributed by atoms with Crippen molar-refractivity contribution in [3.8, 4) is 5.75 Å². The molecule has 0 atom stereocenters. The summed E-state index contributed by atoms with van der Waals surface area (Å²) in [6.45, 7) is 6.69. The van der Waals surface area contributed by atoms with Crippen LogP contribution in [0.3, 0.4) is 0 Å². The number of thioether (sulfide) groups is 1. The van der Waals surface area contributed by atoms with E-state index in [2.05, 4.69) is 37.0 Å². The molecule has 0 unspecified atom stereocenters. The van der Waals surface area contributed by atoms with Crippen LogP contribution in [0.2, 0.25) is 0 Å². The van der Waals surface area contributed by atoms with Crippen molar-refractivity contribution < 1.29 is 14.6 Å². The number of nitrogens with zero attached hydrogens (tertiary/aromatic N) is 3. The van der Waals surface area contributed by atoms with E-state index in [9.17, 15) is 4.79 Å². The highest BCUT2D eigenvalue weighted by Gasteiger charge is 2.12. The number of aliphatic carboxylic acids is 1. The molecule has 7 heteroatoms. The second kappa shape index (κ2) is 7.50. The van der Waals surface area contributed by atoms with Gasteiger partial charge in [0.1, 0.15) is 12.4 Å². The molecule has 0 amide bonds. The first-order valence-corrected chi connectivity index (χ1v) is 8.33. The Hall–Kier alpha value is -2.02. The zero-order valence-corrected chi connectivity index (χ0v) is 14.6. The van der Waals surface area contributed by atoms with Gasteiger partial charge in [0.2, 0.25) is 0 Å². The van der Waals surface area contributed by atoms with E-state index in [0.717, 1.165) is 17.5 Å². The van der Waals surface area contributed by atoms with Gasteiger partial charge in [-0.1, -0.05) is 31.7 Å². The van der Waals surface area contributed by atoms with Crippen LogP contribution >= 0.6 is 11.8 Å². The zero-order chi connectivity index (χ0) is 17.0. The van der Waals surface area contributed by atoms with Crippen molar-refractivity contribution in [3.05, 3.63) is 35.2 Å². The molecule has 2 rings (SSSR count). The van der Waals surface area contributed by atoms with E-state index < -0.39 is 5.97 Å². The van der Waals surface area contributed by atoms with Gasteiger partial charge < -0.3 is 14.4 Å². The fraction of sp³-hybridized carbons (Fsp3) is 0.438. The first kappa shape index (κ1) is 17.3. The highest BCUT2D eigenvalue weighted by Crippen LogP contribution is 2.24. The molecular formula is C16H21N3O3S. The number of carboxylic acid groups (broad SMARTS) is 1. The summed E-state index contributed by atoms with van der Waals surface area (Å²) < 4.78 is 7.53. The first-order valence-electron chi connectivity index (χ1n) is 7.34. The van der Waals surface area contributed by atoms with Gasteiger partial charge in [0.05, 0.1) is 5.75 Å². The lowest BCUT2D eigenvalue weighted by atomic mass is 9.98. The summed E-state index contributed by atoms with van der Waals surface area (Å²) >= 11 is 1.14. The van der Waals surface area contributed by atoms with Gasteiger partial charge in [0.15, 0.2) is 11.0 Å². The minimum absolute atomic E-state index is 0.0390. The Morgan fingerprint density at radius 3 is 2.74 bits per heavy atom. The summed E-state index contributed by atoms with van der Waals surface area (Å²) in [5, 5.41) is 17.3. The van der Waals surface area contributed by atoms with Gasteiger partial charge >= 0.3 is 5.97 Å². The Morgan fingerprint density at radius 1 is 1.39 bits per heavy atom. The fourth-order valence-electron chi connectivity index (χ4n) is 2.26. The number of hydrogen-bond donors (Lipinski definition) is 1. The van der Waals surface area contributed by atoms with Crippen molar-refractivity contribution in [1.82, 2.24) is 14.8 Å². The molecule has 2 aromatic rings. The molecule has 0 aliphatic heterocycles. The number of benzene rings is 1. The van der Waals surface area contributed by atoms with E-state index in [1.54, 1.807) is 11.6 Å². The minimum Gasteiger partial charge on any atom is -0.486 e. The van der Waals surface area contributed by atoms with E-state index in [-0.39, 0.29) is 12.4 Å². The quantitative estimate of drug-likeness (QED) is 0.784. The smallest absolute Gasteiger partial charge is 0.313 e. The summed E-state index contributed by atoms with van der Waals surface area (Å²) in [6.07, 6.45) is 0. The van der Waals surface area contributed by atoms with Gasteiger partial charge in [-0.15, -0.1) is 10.2 Å². The lowest BCUT2D eigenvalue weighted by Crippen LogP contribution is -2.05. The maximum Gasteiger partial charge on any atom is 0.313 e. The predicted molar refractivity (Wildman–Crippen MR) is 89.0 cm³/mol. The molecule has 0 saturated heterocycles. The van der Waals surface area contributed by atoms with Crippen molar-refractivity contribution in [1.29, 1.82) is 0 Å². The van der Waals surface area contributed by atoms with E-state index in [1.165, 1.54) is 11.1 Å². The first-order chi connectivity index (χ1) is 10.9. The molecule has 6 nitrogen and oxygen atoms in total. The monoisotopic (exact) mass is 335 g/mol. The van der Waals surface area contributed by atoms with Crippen molar-refractivity contribution >= 4 is 17.7 Å². The third kappa shape index (κ3) is 4.48. The highest BCUT2D eigenvalue weighted by molar-refractivity contribution is 7.99. The van der Waals surface area contributed by atoms with E-state index in [0.29, 0.717) is 16.9 Å². The molecule has 0 aliphatic carbocycles. The lowest BCUT2D eigenvalue weighted by molar-refractivity contribution is -0.133. The standard InChI is InChI=1S/C16H21N3O3S/c1-10(2)13-6-5-12(7-11(13)3)22-8-14-17-18-16(19(14)4)23-9-15(20)21/h5-7,10H,8-9H2,1-4H3,(H,20,21). The normalized spacial score (nSPS) is 11.0. The largest absolute Gasteiger partial charge is 0.486 e. The Kier molecular flexibility index (Phi) is 5.65. The van der Waals surface area contributed by atoms with Crippen molar-refractivity contribution in [2.24, 2.45) is 7.05 Å². The van der Waals surface area contributed by atoms with Crippen molar-refractivity contribution in [2.45, 2.75) is 38.5 Å². The topological polar surface area (TPSA) is 77.2 Å². The Bertz CT molecular complexity index is 698. The van der Waals surface area contributed by atoms with Crippen molar-refractivity contribution in [3.63, 3.8) is 0 Å². The Morgan fingerprint density at radius 2 is 2.13 bits per heavy atom. The number of carboxylic acids is 1. The van der Waals surface area contributed by atoms with Crippen LogP contribution < -0.4 is 4.74 Å². The molecule has 1 N–H and O–H groups in total. The summed E-state index contributed by atoms with van der Waals surface area (Å²) in [7, 11) is 1.80. The molecule has 124 valence electrons. The number of rotatable bonds is 7. The number of hydrogen-bond acceptors (Lipinski definition) is 5. The number of ether oxygens (including phenoxy) is 1. The third-order valence-corrected chi connectivity index (χ3v) is 4.49. The molecule has 1 heterocycles. The third-order valence-electron chi connectivity index (χ3n) is 3.48. The maximum absolute atomic E-state index is 10.6. The van der Waals surface area contributed by atoms with Crippen LogP contribution in [0, 0.1) is 6.92 Å². The van der Waals surface area contributed by atoms with E-state index >= 15 is 0 Å². The van der Waals surface area contributed by atoms with Crippen LogP contribution in [0.15, 0.2) is 23.4 Å². The van der Waals surface area contributed by atoms with Gasteiger partial charge in [0, 0.05) is 7.05 Å². The van der Waals surface area contributed by atoms with Crippen LogP contribution in [0.5, 0.6) is 5.75 Å². The Labute approximate surface area is 139 Å². The molecular weight excluding hydrogens is 314 g/mol. The van der Waals surface area contributed by atoms with Crippen LogP contribution in [-0.2, 0) is 18.4 Å². The predicted octanol–water partition coefficient (Wildman–Crippen LogP) is 3.00. The molecule has 0 bridgehead atoms. The average Bonchev–Trinajstić information content (AvgIpc) is 2.83. The molecule has 0 aliphatic rings. The zero-order valence-electron chi connectivity index (χ0n) is 13.7. The summed E-state index contributed by atoms with van der Waals surface area (Å²) in [4.78, 5) is 10.6. The molecule has 1 aromatic carbocycles. The SMILES string of the molecule is Cc1cc(OCc2nnc(SCC(=O)O)n2C)ccc1C(C)C. The van der Waals surface area contributed by atoms with Crippen LogP contribution in [-0.4, -0.2) is 31.6 Å². The van der Waals surface area contributed by atoms with Gasteiger partial charge in [-0.05, 0) is 36.1 Å². The van der Waals surface area contributed by atoms with Crippen LogP contribution in [0.4, 0.5) is 0 Å². The average molecular weight is 335 g/mol. The number of carbonyl (C=O) groups is 1. The summed E-state index contributed by atoms with van der Waals surface area (Å²) in [6, 6.07) is 6.06. The van der Waals surface area contributed by atoms with Crippen molar-refractivity contribution in [2.75, 3.05) is 5.75 Å². The highest BCUT2D eigenvalue weighted by atomic mass is 32.2. The molecule has 1 aromatic heterocycles. The minimum atomic E-state index is -0.878. The van der Waals surface area contributed by atoms with E-state index in [1.807, 2.05) is 12.1 Å². The van der Waals surface area contributed by atoms with Gasteiger partial charge in [-0.2, -0.15) is 0 Å². The molecule has 23 heavy (non-hydrogen) atoms. The molecule has 0 fully saturated rings. The van der Waals surface area contributed by atoms with E-state index in [4.69, 9.17) is 9.84 Å². The second-order valence-electron chi connectivity index (χ2n) is 5.60. The molecule has 0 saturated carbocycles. The lowest BCUT2D eigenvalue weighted by Gasteiger charge is -2.12. The Balaban J connectivity index is 2.01. The summed E-state index contributed by atoms with van der Waals surface area (Å²) in [5.41, 5.74) is 2.51. The maximum atomic E-state index is 10.6. The summed E-state index contributed by atoms with van der Waals surface area (Å²) in [5.74, 6) is 1.01. The number of aryl methyl sites for hydroxylation is 1. The molecule has 0 spiro atoms. The van der Waals surface area contributed by atoms with Gasteiger partial charge in [0.25, 0.3) is 0 Å². The molecule has 0 radical (unpaired) electrons. The second-order valence-corrected chi connectivity index (χ2v) is 6.54. The fourth-order valence-corrected chi connectivity index (χ4v) is 2.91. The van der Waals surface area contributed by atoms with Gasteiger partial charge in [-0.25, -0.2) is 0 Å². The van der Waals surface area contributed by atoms with Crippen LogP contribution in [0.25, 0.3) is 0 Å². The van der Waals surface area contributed by atoms with Crippen LogP contribution in [0.1, 0.15) is 36.7 Å². The number of aromatic nitrogens is 3.